The van der Waals surface area contributed by atoms with Crippen LogP contribution in [0.25, 0.3) is 0 Å². The van der Waals surface area contributed by atoms with Crippen molar-refractivity contribution < 1.29 is 4.74 Å². The van der Waals surface area contributed by atoms with Crippen LogP contribution in [-0.4, -0.2) is 28.5 Å². The van der Waals surface area contributed by atoms with E-state index in [0.29, 0.717) is 5.92 Å². The molecule has 4 nitrogen and oxygen atoms in total. The van der Waals surface area contributed by atoms with Gasteiger partial charge in [0.25, 0.3) is 0 Å². The van der Waals surface area contributed by atoms with Crippen LogP contribution in [0.1, 0.15) is 44.3 Å². The van der Waals surface area contributed by atoms with Gasteiger partial charge in [0.05, 0.1) is 6.61 Å². The van der Waals surface area contributed by atoms with Crippen molar-refractivity contribution in [3.05, 3.63) is 12.2 Å². The molecule has 1 saturated carbocycles. The van der Waals surface area contributed by atoms with Crippen LogP contribution in [0, 0.1) is 5.92 Å². The fourth-order valence-corrected chi connectivity index (χ4v) is 2.46. The number of nitrogens with zero attached hydrogens (tertiary/aromatic N) is 3. The van der Waals surface area contributed by atoms with Crippen LogP contribution in [-0.2, 0) is 11.3 Å². The highest BCUT2D eigenvalue weighted by atomic mass is 16.5. The largest absolute Gasteiger partial charge is 0.383 e. The topological polar surface area (TPSA) is 39.9 Å². The van der Waals surface area contributed by atoms with Gasteiger partial charge < -0.3 is 9.30 Å². The van der Waals surface area contributed by atoms with Gasteiger partial charge in [-0.25, -0.2) is 0 Å². The van der Waals surface area contributed by atoms with Crippen molar-refractivity contribution in [2.24, 2.45) is 5.92 Å². The summed E-state index contributed by atoms with van der Waals surface area (Å²) >= 11 is 0. The fraction of sp³-hybridized carbons (Fsp3) is 0.833. The maximum absolute atomic E-state index is 5.10. The predicted octanol–water partition coefficient (Wildman–Crippen LogP) is 2.22. The van der Waals surface area contributed by atoms with Crippen LogP contribution in [0.15, 0.2) is 6.33 Å². The molecule has 4 heteroatoms. The number of hydrogen-bond acceptors (Lipinski definition) is 3. The zero-order valence-corrected chi connectivity index (χ0v) is 10.2. The first-order valence-corrected chi connectivity index (χ1v) is 6.18. The van der Waals surface area contributed by atoms with Crippen LogP contribution in [0.2, 0.25) is 0 Å². The van der Waals surface area contributed by atoms with Crippen LogP contribution < -0.4 is 0 Å². The molecule has 16 heavy (non-hydrogen) atoms. The molecule has 0 amide bonds. The lowest BCUT2D eigenvalue weighted by Gasteiger charge is -2.25. The molecule has 0 spiro atoms. The van der Waals surface area contributed by atoms with Crippen LogP contribution in [0.3, 0.4) is 0 Å². The van der Waals surface area contributed by atoms with Crippen molar-refractivity contribution in [3.8, 4) is 0 Å². The molecule has 1 heterocycles. The van der Waals surface area contributed by atoms with Crippen LogP contribution in [0.5, 0.6) is 0 Å². The fourth-order valence-electron chi connectivity index (χ4n) is 2.46. The van der Waals surface area contributed by atoms with Gasteiger partial charge in [0, 0.05) is 19.6 Å². The first-order chi connectivity index (χ1) is 7.81. The summed E-state index contributed by atoms with van der Waals surface area (Å²) in [6.07, 6.45) is 6.98. The molecule has 0 bridgehead atoms. The van der Waals surface area contributed by atoms with Gasteiger partial charge in [-0.1, -0.05) is 19.8 Å². The molecule has 0 saturated heterocycles. The molecule has 1 aromatic rings. The summed E-state index contributed by atoms with van der Waals surface area (Å²) in [5.74, 6) is 2.64. The maximum Gasteiger partial charge on any atom is 0.135 e. The highest BCUT2D eigenvalue weighted by Gasteiger charge is 2.23. The summed E-state index contributed by atoms with van der Waals surface area (Å²) in [4.78, 5) is 0. The van der Waals surface area contributed by atoms with Gasteiger partial charge in [0.1, 0.15) is 12.2 Å². The van der Waals surface area contributed by atoms with E-state index in [1.807, 2.05) is 6.33 Å². The van der Waals surface area contributed by atoms with Gasteiger partial charge in [-0.05, 0) is 18.8 Å². The Labute approximate surface area is 97.0 Å². The van der Waals surface area contributed by atoms with Crippen molar-refractivity contribution in [3.63, 3.8) is 0 Å². The van der Waals surface area contributed by atoms with Gasteiger partial charge >= 0.3 is 0 Å². The quantitative estimate of drug-likeness (QED) is 0.785. The van der Waals surface area contributed by atoms with Gasteiger partial charge in [-0.2, -0.15) is 0 Å². The normalized spacial score (nSPS) is 25.9. The lowest BCUT2D eigenvalue weighted by atomic mass is 9.82. The van der Waals surface area contributed by atoms with Crippen molar-refractivity contribution in [1.29, 1.82) is 0 Å². The summed E-state index contributed by atoms with van der Waals surface area (Å²) in [6.45, 7) is 3.94. The zero-order valence-electron chi connectivity index (χ0n) is 10.2. The molecule has 0 aliphatic heterocycles. The summed E-state index contributed by atoms with van der Waals surface area (Å²) in [5, 5.41) is 8.30. The number of ether oxygens (including phenoxy) is 1. The Kier molecular flexibility index (Phi) is 3.93. The minimum absolute atomic E-state index is 0.607. The molecule has 0 unspecified atom stereocenters. The first kappa shape index (κ1) is 11.6. The van der Waals surface area contributed by atoms with E-state index < -0.39 is 0 Å². The Balaban J connectivity index is 1.99. The number of rotatable bonds is 4. The number of aromatic nitrogens is 3. The van der Waals surface area contributed by atoms with Crippen molar-refractivity contribution in [2.75, 3.05) is 13.7 Å². The summed E-state index contributed by atoms with van der Waals surface area (Å²) in [7, 11) is 1.73. The Morgan fingerprint density at radius 1 is 1.38 bits per heavy atom. The van der Waals surface area contributed by atoms with Crippen LogP contribution in [0.4, 0.5) is 0 Å². The second kappa shape index (κ2) is 5.43. The Morgan fingerprint density at radius 3 is 2.81 bits per heavy atom. The van der Waals surface area contributed by atoms with E-state index in [1.54, 1.807) is 7.11 Å². The molecular weight excluding hydrogens is 202 g/mol. The van der Waals surface area contributed by atoms with E-state index in [1.165, 1.54) is 25.7 Å². The third kappa shape index (κ3) is 2.61. The standard InChI is InChI=1S/C12H21N3O/c1-10-3-5-11(6-4-10)12-14-13-9-15(12)7-8-16-2/h9-11H,3-8H2,1-2H3/t10-,11-. The van der Waals surface area contributed by atoms with Gasteiger partial charge in [-0.3, -0.25) is 0 Å². The molecule has 0 radical (unpaired) electrons. The SMILES string of the molecule is COCCn1cnnc1[C@H]1CC[C@H](C)CC1. The van der Waals surface area contributed by atoms with Crippen LogP contribution >= 0.6 is 0 Å². The lowest BCUT2D eigenvalue weighted by molar-refractivity contribution is 0.185. The van der Waals surface area contributed by atoms with Crippen molar-refractivity contribution in [1.82, 2.24) is 14.8 Å². The van der Waals surface area contributed by atoms with Gasteiger partial charge in [0.2, 0.25) is 0 Å². The zero-order chi connectivity index (χ0) is 11.4. The smallest absolute Gasteiger partial charge is 0.135 e. The molecule has 90 valence electrons. The first-order valence-electron chi connectivity index (χ1n) is 6.18. The van der Waals surface area contributed by atoms with Gasteiger partial charge in [0.15, 0.2) is 0 Å². The van der Waals surface area contributed by atoms with E-state index in [0.717, 1.165) is 24.9 Å². The molecule has 2 rings (SSSR count). The van der Waals surface area contributed by atoms with E-state index >= 15 is 0 Å². The molecular formula is C12H21N3O. The maximum atomic E-state index is 5.10. The molecule has 0 aromatic carbocycles. The highest BCUT2D eigenvalue weighted by Crippen LogP contribution is 2.34. The molecule has 1 aliphatic carbocycles. The molecule has 0 N–H and O–H groups in total. The molecule has 1 aromatic heterocycles. The highest BCUT2D eigenvalue weighted by molar-refractivity contribution is 4.98. The molecule has 0 atom stereocenters. The van der Waals surface area contributed by atoms with E-state index in [9.17, 15) is 0 Å². The van der Waals surface area contributed by atoms with E-state index in [4.69, 9.17) is 4.74 Å². The second-order valence-corrected chi connectivity index (χ2v) is 4.83. The third-order valence-electron chi connectivity index (χ3n) is 3.56. The van der Waals surface area contributed by atoms with Crippen molar-refractivity contribution >= 4 is 0 Å². The Bertz CT molecular complexity index is 316. The van der Waals surface area contributed by atoms with Gasteiger partial charge in [-0.15, -0.1) is 10.2 Å². The average Bonchev–Trinajstić information content (AvgIpc) is 2.75. The minimum Gasteiger partial charge on any atom is -0.383 e. The minimum atomic E-state index is 0.607. The monoisotopic (exact) mass is 223 g/mol. The summed E-state index contributed by atoms with van der Waals surface area (Å²) in [5.41, 5.74) is 0. The summed E-state index contributed by atoms with van der Waals surface area (Å²) in [6, 6.07) is 0. The van der Waals surface area contributed by atoms with E-state index in [2.05, 4.69) is 21.7 Å². The molecule has 1 aliphatic rings. The molecule has 1 fully saturated rings. The second-order valence-electron chi connectivity index (χ2n) is 4.83. The Hall–Kier alpha value is -0.900. The third-order valence-corrected chi connectivity index (χ3v) is 3.56. The number of hydrogen-bond donors (Lipinski definition) is 0. The lowest BCUT2D eigenvalue weighted by Crippen LogP contribution is -2.16. The average molecular weight is 223 g/mol. The van der Waals surface area contributed by atoms with E-state index in [-0.39, 0.29) is 0 Å². The number of methoxy groups -OCH3 is 1. The summed E-state index contributed by atoms with van der Waals surface area (Å²) < 4.78 is 7.24. The Morgan fingerprint density at radius 2 is 2.12 bits per heavy atom. The predicted molar refractivity (Wildman–Crippen MR) is 62.3 cm³/mol. The van der Waals surface area contributed by atoms with Crippen molar-refractivity contribution in [2.45, 2.75) is 45.1 Å².